The maximum Gasteiger partial charge on any atom is 0.0580 e. The summed E-state index contributed by atoms with van der Waals surface area (Å²) in [6, 6.07) is 2.33. The Balaban J connectivity index is 1.70. The second kappa shape index (κ2) is 6.17. The van der Waals surface area contributed by atoms with Gasteiger partial charge in [-0.3, -0.25) is 4.68 Å². The SMILES string of the molecule is C[C@H](Cn1cccn1)NC[C@H]1CCCC[C@H]1O. The van der Waals surface area contributed by atoms with Crippen molar-refractivity contribution in [3.8, 4) is 0 Å². The van der Waals surface area contributed by atoms with Gasteiger partial charge >= 0.3 is 0 Å². The fraction of sp³-hybridized carbons (Fsp3) is 0.769. The lowest BCUT2D eigenvalue weighted by atomic mass is 9.86. The van der Waals surface area contributed by atoms with Crippen molar-refractivity contribution in [2.24, 2.45) is 5.92 Å². The summed E-state index contributed by atoms with van der Waals surface area (Å²) in [6.07, 6.45) is 8.25. The fourth-order valence-corrected chi connectivity index (χ4v) is 2.53. The maximum absolute atomic E-state index is 9.88. The van der Waals surface area contributed by atoms with E-state index in [4.69, 9.17) is 0 Å². The molecule has 1 aliphatic rings. The van der Waals surface area contributed by atoms with E-state index in [0.717, 1.165) is 25.9 Å². The van der Waals surface area contributed by atoms with Crippen LogP contribution >= 0.6 is 0 Å². The second-order valence-electron chi connectivity index (χ2n) is 5.15. The normalized spacial score (nSPS) is 26.9. The molecule has 4 nitrogen and oxygen atoms in total. The first kappa shape index (κ1) is 12.6. The molecule has 3 atom stereocenters. The monoisotopic (exact) mass is 237 g/mol. The number of rotatable bonds is 5. The summed E-state index contributed by atoms with van der Waals surface area (Å²) in [4.78, 5) is 0. The van der Waals surface area contributed by atoms with Crippen molar-refractivity contribution in [3.05, 3.63) is 18.5 Å². The molecule has 17 heavy (non-hydrogen) atoms. The molecule has 96 valence electrons. The lowest BCUT2D eigenvalue weighted by Crippen LogP contribution is -2.39. The van der Waals surface area contributed by atoms with E-state index in [0.29, 0.717) is 12.0 Å². The molecule has 1 aromatic heterocycles. The Hall–Kier alpha value is -0.870. The third-order valence-electron chi connectivity index (χ3n) is 3.62. The first-order valence-corrected chi connectivity index (χ1v) is 6.64. The number of nitrogens with zero attached hydrogens (tertiary/aromatic N) is 2. The zero-order chi connectivity index (χ0) is 12.1. The van der Waals surface area contributed by atoms with E-state index < -0.39 is 0 Å². The average molecular weight is 237 g/mol. The van der Waals surface area contributed by atoms with Crippen LogP contribution in [0.5, 0.6) is 0 Å². The van der Waals surface area contributed by atoms with Crippen LogP contribution in [0.25, 0.3) is 0 Å². The van der Waals surface area contributed by atoms with Crippen molar-refractivity contribution in [3.63, 3.8) is 0 Å². The minimum atomic E-state index is -0.104. The van der Waals surface area contributed by atoms with Crippen LogP contribution in [0.3, 0.4) is 0 Å². The summed E-state index contributed by atoms with van der Waals surface area (Å²) in [5.41, 5.74) is 0. The molecule has 0 radical (unpaired) electrons. The smallest absolute Gasteiger partial charge is 0.0580 e. The Morgan fingerprint density at radius 3 is 3.00 bits per heavy atom. The summed E-state index contributed by atoms with van der Waals surface area (Å²) in [6.45, 7) is 3.97. The molecule has 0 unspecified atom stereocenters. The van der Waals surface area contributed by atoms with Gasteiger partial charge in [-0.05, 0) is 31.7 Å². The van der Waals surface area contributed by atoms with Crippen molar-refractivity contribution in [2.45, 2.75) is 51.3 Å². The average Bonchev–Trinajstić information content (AvgIpc) is 2.81. The predicted molar refractivity (Wildman–Crippen MR) is 67.7 cm³/mol. The number of aromatic nitrogens is 2. The standard InChI is InChI=1S/C13H23N3O/c1-11(10-16-8-4-7-15-16)14-9-12-5-2-3-6-13(12)17/h4,7-8,11-14,17H,2-3,5-6,9-10H2,1H3/t11-,12-,13-/m1/s1. The largest absolute Gasteiger partial charge is 0.393 e. The molecule has 1 aromatic rings. The summed E-state index contributed by atoms with van der Waals surface area (Å²) >= 11 is 0. The van der Waals surface area contributed by atoms with E-state index >= 15 is 0 Å². The Morgan fingerprint density at radius 1 is 1.47 bits per heavy atom. The molecule has 2 N–H and O–H groups in total. The van der Waals surface area contributed by atoms with Crippen LogP contribution in [-0.2, 0) is 6.54 Å². The Morgan fingerprint density at radius 2 is 2.29 bits per heavy atom. The van der Waals surface area contributed by atoms with Gasteiger partial charge in [-0.2, -0.15) is 5.10 Å². The number of hydrogen-bond donors (Lipinski definition) is 2. The van der Waals surface area contributed by atoms with Gasteiger partial charge in [-0.15, -0.1) is 0 Å². The molecule has 0 bridgehead atoms. The number of aliphatic hydroxyl groups excluding tert-OH is 1. The molecule has 0 saturated heterocycles. The van der Waals surface area contributed by atoms with Crippen molar-refractivity contribution in [1.29, 1.82) is 0 Å². The molecule has 1 fully saturated rings. The second-order valence-corrected chi connectivity index (χ2v) is 5.15. The van der Waals surface area contributed by atoms with Crippen LogP contribution < -0.4 is 5.32 Å². The van der Waals surface area contributed by atoms with E-state index in [1.54, 1.807) is 6.20 Å². The van der Waals surface area contributed by atoms with Crippen LogP contribution in [-0.4, -0.2) is 33.6 Å². The van der Waals surface area contributed by atoms with Crippen molar-refractivity contribution >= 4 is 0 Å². The third-order valence-corrected chi connectivity index (χ3v) is 3.62. The Labute approximate surface area is 103 Å². The highest BCUT2D eigenvalue weighted by Crippen LogP contribution is 2.23. The summed E-state index contributed by atoms with van der Waals surface area (Å²) in [7, 11) is 0. The van der Waals surface area contributed by atoms with Crippen LogP contribution in [0, 0.1) is 5.92 Å². The molecule has 1 saturated carbocycles. The first-order chi connectivity index (χ1) is 8.25. The van der Waals surface area contributed by atoms with Gasteiger partial charge in [0.25, 0.3) is 0 Å². The molecular weight excluding hydrogens is 214 g/mol. The van der Waals surface area contributed by atoms with E-state index in [-0.39, 0.29) is 6.10 Å². The molecule has 2 rings (SSSR count). The lowest BCUT2D eigenvalue weighted by Gasteiger charge is -2.29. The zero-order valence-electron chi connectivity index (χ0n) is 10.5. The number of nitrogens with one attached hydrogen (secondary N) is 1. The van der Waals surface area contributed by atoms with Gasteiger partial charge in [0.05, 0.1) is 12.6 Å². The van der Waals surface area contributed by atoms with Crippen LogP contribution in [0.1, 0.15) is 32.6 Å². The molecule has 1 heterocycles. The minimum Gasteiger partial charge on any atom is -0.393 e. The van der Waals surface area contributed by atoms with Gasteiger partial charge < -0.3 is 10.4 Å². The summed E-state index contributed by atoms with van der Waals surface area (Å²) in [5, 5.41) is 17.6. The van der Waals surface area contributed by atoms with E-state index in [9.17, 15) is 5.11 Å². The predicted octanol–water partition coefficient (Wildman–Crippen LogP) is 1.41. The van der Waals surface area contributed by atoms with Gasteiger partial charge in [0.2, 0.25) is 0 Å². The van der Waals surface area contributed by atoms with E-state index in [2.05, 4.69) is 17.3 Å². The highest BCUT2D eigenvalue weighted by atomic mass is 16.3. The molecule has 0 spiro atoms. The number of hydrogen-bond acceptors (Lipinski definition) is 3. The van der Waals surface area contributed by atoms with Gasteiger partial charge in [0.15, 0.2) is 0 Å². The highest BCUT2D eigenvalue weighted by Gasteiger charge is 2.22. The van der Waals surface area contributed by atoms with Crippen LogP contribution in [0.15, 0.2) is 18.5 Å². The third kappa shape index (κ3) is 3.82. The molecule has 4 heteroatoms. The quantitative estimate of drug-likeness (QED) is 0.814. The van der Waals surface area contributed by atoms with Crippen LogP contribution in [0.2, 0.25) is 0 Å². The maximum atomic E-state index is 9.88. The first-order valence-electron chi connectivity index (χ1n) is 6.64. The van der Waals surface area contributed by atoms with Crippen molar-refractivity contribution in [2.75, 3.05) is 6.54 Å². The highest BCUT2D eigenvalue weighted by molar-refractivity contribution is 4.80. The van der Waals surface area contributed by atoms with Gasteiger partial charge in [0, 0.05) is 25.0 Å². The van der Waals surface area contributed by atoms with Crippen molar-refractivity contribution < 1.29 is 5.11 Å². The molecule has 0 aromatic carbocycles. The molecule has 0 aliphatic heterocycles. The zero-order valence-corrected chi connectivity index (χ0v) is 10.5. The van der Waals surface area contributed by atoms with Gasteiger partial charge in [0.1, 0.15) is 0 Å². The summed E-state index contributed by atoms with van der Waals surface area (Å²) < 4.78 is 1.94. The summed E-state index contributed by atoms with van der Waals surface area (Å²) in [5.74, 6) is 0.434. The number of aliphatic hydroxyl groups is 1. The van der Waals surface area contributed by atoms with Crippen LogP contribution in [0.4, 0.5) is 0 Å². The Kier molecular flexibility index (Phi) is 4.57. The van der Waals surface area contributed by atoms with E-state index in [1.165, 1.54) is 12.8 Å². The molecule has 1 aliphatic carbocycles. The van der Waals surface area contributed by atoms with Gasteiger partial charge in [-0.25, -0.2) is 0 Å². The fourth-order valence-electron chi connectivity index (χ4n) is 2.53. The molecular formula is C13H23N3O. The molecule has 0 amide bonds. The Bertz CT molecular complexity index is 312. The lowest BCUT2D eigenvalue weighted by molar-refractivity contribution is 0.0680. The van der Waals surface area contributed by atoms with E-state index in [1.807, 2.05) is 16.9 Å². The van der Waals surface area contributed by atoms with Gasteiger partial charge in [-0.1, -0.05) is 12.8 Å². The topological polar surface area (TPSA) is 50.1 Å². The minimum absolute atomic E-state index is 0.104. The van der Waals surface area contributed by atoms with Crippen molar-refractivity contribution in [1.82, 2.24) is 15.1 Å².